The zero-order valence-electron chi connectivity index (χ0n) is 13.6. The Morgan fingerprint density at radius 3 is 2.45 bits per heavy atom. The van der Waals surface area contributed by atoms with Crippen LogP contribution in [0.5, 0.6) is 0 Å². The largest absolute Gasteiger partial charge is 0.354 e. The van der Waals surface area contributed by atoms with E-state index in [1.807, 2.05) is 26.0 Å². The van der Waals surface area contributed by atoms with E-state index in [1.165, 1.54) is 32.1 Å². The summed E-state index contributed by atoms with van der Waals surface area (Å²) in [6, 6.07) is 5.57. The summed E-state index contributed by atoms with van der Waals surface area (Å²) in [5, 5.41) is 5.61. The Kier molecular flexibility index (Phi) is 5.99. The molecule has 22 heavy (non-hydrogen) atoms. The van der Waals surface area contributed by atoms with Crippen LogP contribution in [0.15, 0.2) is 18.2 Å². The van der Waals surface area contributed by atoms with Gasteiger partial charge in [-0.1, -0.05) is 25.3 Å². The molecule has 0 bridgehead atoms. The Labute approximate surface area is 132 Å². The smallest absolute Gasteiger partial charge is 0.251 e. The molecule has 4 nitrogen and oxygen atoms in total. The van der Waals surface area contributed by atoms with Gasteiger partial charge in [0.05, 0.1) is 6.54 Å². The van der Waals surface area contributed by atoms with Crippen LogP contribution in [0.4, 0.5) is 0 Å². The fraction of sp³-hybridized carbons (Fsp3) is 0.556. The molecule has 2 amide bonds. The van der Waals surface area contributed by atoms with Crippen LogP contribution in [0, 0.1) is 19.8 Å². The molecule has 120 valence electrons. The molecule has 0 unspecified atom stereocenters. The predicted molar refractivity (Wildman–Crippen MR) is 87.8 cm³/mol. The number of amides is 2. The van der Waals surface area contributed by atoms with Gasteiger partial charge in [-0.3, -0.25) is 9.59 Å². The maximum Gasteiger partial charge on any atom is 0.251 e. The van der Waals surface area contributed by atoms with Crippen molar-refractivity contribution < 1.29 is 9.59 Å². The van der Waals surface area contributed by atoms with Gasteiger partial charge in [-0.25, -0.2) is 0 Å². The molecule has 1 aliphatic carbocycles. The fourth-order valence-corrected chi connectivity index (χ4v) is 2.86. The van der Waals surface area contributed by atoms with Crippen molar-refractivity contribution >= 4 is 11.8 Å². The second-order valence-corrected chi connectivity index (χ2v) is 6.29. The third kappa shape index (κ3) is 4.86. The average Bonchev–Trinajstić information content (AvgIpc) is 2.54. The molecule has 0 aromatic heterocycles. The molecule has 1 aliphatic rings. The first kappa shape index (κ1) is 16.5. The Balaban J connectivity index is 1.73. The lowest BCUT2D eigenvalue weighted by Crippen LogP contribution is -2.39. The molecule has 2 N–H and O–H groups in total. The number of rotatable bonds is 5. The third-order valence-corrected chi connectivity index (χ3v) is 4.49. The van der Waals surface area contributed by atoms with E-state index < -0.39 is 0 Å². The fourth-order valence-electron chi connectivity index (χ4n) is 2.86. The van der Waals surface area contributed by atoms with Gasteiger partial charge in [-0.15, -0.1) is 0 Å². The van der Waals surface area contributed by atoms with Crippen molar-refractivity contribution in [1.82, 2.24) is 10.6 Å². The highest BCUT2D eigenvalue weighted by molar-refractivity contribution is 5.96. The number of benzene rings is 1. The number of hydrogen-bond donors (Lipinski definition) is 2. The van der Waals surface area contributed by atoms with E-state index in [2.05, 4.69) is 10.6 Å². The Morgan fingerprint density at radius 2 is 1.77 bits per heavy atom. The van der Waals surface area contributed by atoms with Crippen molar-refractivity contribution in [3.8, 4) is 0 Å². The highest BCUT2D eigenvalue weighted by Crippen LogP contribution is 2.22. The summed E-state index contributed by atoms with van der Waals surface area (Å²) < 4.78 is 0. The number of carbonyl (C=O) groups is 2. The quantitative estimate of drug-likeness (QED) is 0.878. The highest BCUT2D eigenvalue weighted by Gasteiger charge is 2.14. The van der Waals surface area contributed by atoms with Crippen LogP contribution in [0.3, 0.4) is 0 Å². The van der Waals surface area contributed by atoms with Crippen LogP contribution in [0.2, 0.25) is 0 Å². The van der Waals surface area contributed by atoms with Crippen molar-refractivity contribution in [2.45, 2.75) is 46.0 Å². The monoisotopic (exact) mass is 302 g/mol. The van der Waals surface area contributed by atoms with Crippen LogP contribution in [-0.2, 0) is 4.79 Å². The van der Waals surface area contributed by atoms with E-state index >= 15 is 0 Å². The van der Waals surface area contributed by atoms with Crippen molar-refractivity contribution in [2.75, 3.05) is 13.1 Å². The molecule has 4 heteroatoms. The maximum absolute atomic E-state index is 12.0. The van der Waals surface area contributed by atoms with Crippen molar-refractivity contribution in [3.05, 3.63) is 34.9 Å². The lowest BCUT2D eigenvalue weighted by Gasteiger charge is -2.21. The summed E-state index contributed by atoms with van der Waals surface area (Å²) in [4.78, 5) is 23.8. The number of carbonyl (C=O) groups excluding carboxylic acids is 2. The van der Waals surface area contributed by atoms with Crippen LogP contribution >= 0.6 is 0 Å². The second-order valence-electron chi connectivity index (χ2n) is 6.29. The van der Waals surface area contributed by atoms with Gasteiger partial charge in [0.25, 0.3) is 5.91 Å². The van der Waals surface area contributed by atoms with Gasteiger partial charge < -0.3 is 10.6 Å². The molecule has 0 aliphatic heterocycles. The van der Waals surface area contributed by atoms with Crippen LogP contribution in [0.25, 0.3) is 0 Å². The summed E-state index contributed by atoms with van der Waals surface area (Å²) in [5.74, 6) is 0.298. The standard InChI is InChI=1S/C18H26N2O2/c1-13-8-9-16(10-14(13)2)18(22)20-12-17(21)19-11-15-6-4-3-5-7-15/h8-10,15H,3-7,11-12H2,1-2H3,(H,19,21)(H,20,22). The number of aryl methyl sites for hydroxylation is 2. The molecule has 0 spiro atoms. The molecule has 0 radical (unpaired) electrons. The van der Waals surface area contributed by atoms with Crippen molar-refractivity contribution in [1.29, 1.82) is 0 Å². The molecule has 2 rings (SSSR count). The minimum absolute atomic E-state index is 0.0402. The Bertz CT molecular complexity index is 534. The Morgan fingerprint density at radius 1 is 1.05 bits per heavy atom. The first-order valence-corrected chi connectivity index (χ1v) is 8.18. The molecule has 1 aromatic rings. The van der Waals surface area contributed by atoms with Crippen molar-refractivity contribution in [3.63, 3.8) is 0 Å². The van der Waals surface area contributed by atoms with Gasteiger partial charge in [-0.05, 0) is 55.9 Å². The topological polar surface area (TPSA) is 58.2 Å². The summed E-state index contributed by atoms with van der Waals surface area (Å²) in [6.07, 6.45) is 6.26. The number of hydrogen-bond acceptors (Lipinski definition) is 2. The minimum atomic E-state index is -0.198. The molecular formula is C18H26N2O2. The van der Waals surface area contributed by atoms with E-state index in [9.17, 15) is 9.59 Å². The molecule has 0 atom stereocenters. The minimum Gasteiger partial charge on any atom is -0.354 e. The lowest BCUT2D eigenvalue weighted by molar-refractivity contribution is -0.120. The third-order valence-electron chi connectivity index (χ3n) is 4.49. The molecule has 1 fully saturated rings. The molecule has 0 heterocycles. The Hall–Kier alpha value is -1.84. The summed E-state index contributed by atoms with van der Waals surface area (Å²) in [7, 11) is 0. The lowest BCUT2D eigenvalue weighted by atomic mass is 9.89. The van der Waals surface area contributed by atoms with E-state index in [-0.39, 0.29) is 18.4 Å². The molecule has 1 saturated carbocycles. The SMILES string of the molecule is Cc1ccc(C(=O)NCC(=O)NCC2CCCCC2)cc1C. The highest BCUT2D eigenvalue weighted by atomic mass is 16.2. The van der Waals surface area contributed by atoms with Gasteiger partial charge in [0.15, 0.2) is 0 Å². The van der Waals surface area contributed by atoms with Crippen LogP contribution in [0.1, 0.15) is 53.6 Å². The molecule has 1 aromatic carbocycles. The summed E-state index contributed by atoms with van der Waals surface area (Å²) >= 11 is 0. The normalized spacial score (nSPS) is 15.4. The number of nitrogens with one attached hydrogen (secondary N) is 2. The first-order chi connectivity index (χ1) is 10.6. The van der Waals surface area contributed by atoms with E-state index in [1.54, 1.807) is 6.07 Å². The summed E-state index contributed by atoms with van der Waals surface area (Å²) in [5.41, 5.74) is 2.83. The average molecular weight is 302 g/mol. The zero-order chi connectivity index (χ0) is 15.9. The maximum atomic E-state index is 12.0. The van der Waals surface area contributed by atoms with Gasteiger partial charge in [0.2, 0.25) is 5.91 Å². The van der Waals surface area contributed by atoms with Crippen molar-refractivity contribution in [2.24, 2.45) is 5.92 Å². The zero-order valence-corrected chi connectivity index (χ0v) is 13.6. The van der Waals surface area contributed by atoms with Crippen LogP contribution < -0.4 is 10.6 Å². The summed E-state index contributed by atoms with van der Waals surface area (Å²) in [6.45, 7) is 4.76. The van der Waals surface area contributed by atoms with Crippen LogP contribution in [-0.4, -0.2) is 24.9 Å². The molecule has 0 saturated heterocycles. The van der Waals surface area contributed by atoms with Gasteiger partial charge in [-0.2, -0.15) is 0 Å². The van der Waals surface area contributed by atoms with Gasteiger partial charge in [0, 0.05) is 12.1 Å². The predicted octanol–water partition coefficient (Wildman–Crippen LogP) is 2.73. The van der Waals surface area contributed by atoms with Gasteiger partial charge in [0.1, 0.15) is 0 Å². The molecular weight excluding hydrogens is 276 g/mol. The first-order valence-electron chi connectivity index (χ1n) is 8.18. The van der Waals surface area contributed by atoms with Gasteiger partial charge >= 0.3 is 0 Å². The van der Waals surface area contributed by atoms with E-state index in [4.69, 9.17) is 0 Å². The van der Waals surface area contributed by atoms with E-state index in [0.29, 0.717) is 11.5 Å². The second kappa shape index (κ2) is 7.97. The van der Waals surface area contributed by atoms with E-state index in [0.717, 1.165) is 17.7 Å².